The molecular weight excluding hydrogens is 321 g/mol. The summed E-state index contributed by atoms with van der Waals surface area (Å²) in [6.45, 7) is 0. The van der Waals surface area contributed by atoms with Crippen molar-refractivity contribution in [2.45, 2.75) is 12.6 Å². The number of nitrogen functional groups attached to an aromatic ring is 1. The molecule has 1 heterocycles. The quantitative estimate of drug-likeness (QED) is 0.534. The van der Waals surface area contributed by atoms with Crippen LogP contribution in [0.5, 0.6) is 0 Å². The van der Waals surface area contributed by atoms with Gasteiger partial charge in [-0.05, 0) is 28.8 Å². The Labute approximate surface area is 134 Å². The minimum Gasteiger partial charge on any atom is -0.375 e. The number of rotatable bonds is 1. The monoisotopic (exact) mass is 332 g/mol. The second-order valence-electron chi connectivity index (χ2n) is 5.41. The van der Waals surface area contributed by atoms with E-state index in [9.17, 15) is 13.2 Å². The summed E-state index contributed by atoms with van der Waals surface area (Å²) in [7, 11) is 0. The van der Waals surface area contributed by atoms with Crippen molar-refractivity contribution >= 4 is 16.5 Å². The van der Waals surface area contributed by atoms with E-state index in [0.29, 0.717) is 5.13 Å². The average molecular weight is 332 g/mol. The second kappa shape index (κ2) is 4.83. The number of halogens is 3. The first-order chi connectivity index (χ1) is 10.9. The molecule has 0 radical (unpaired) electrons. The zero-order valence-electron chi connectivity index (χ0n) is 11.8. The first-order valence-corrected chi connectivity index (χ1v) is 7.80. The molecule has 0 bridgehead atoms. The van der Waals surface area contributed by atoms with E-state index in [1.807, 2.05) is 18.2 Å². The lowest BCUT2D eigenvalue weighted by atomic mass is 9.95. The predicted octanol–water partition coefficient (Wildman–Crippen LogP) is 4.98. The predicted molar refractivity (Wildman–Crippen MR) is 85.2 cm³/mol. The van der Waals surface area contributed by atoms with Crippen molar-refractivity contribution in [1.29, 1.82) is 0 Å². The Hall–Kier alpha value is -2.34. The van der Waals surface area contributed by atoms with Crippen LogP contribution in [0.2, 0.25) is 0 Å². The molecule has 1 aromatic heterocycles. The molecule has 6 heteroatoms. The first kappa shape index (κ1) is 14.3. The average Bonchev–Trinajstić information content (AvgIpc) is 3.02. The van der Waals surface area contributed by atoms with Crippen molar-refractivity contribution in [1.82, 2.24) is 4.98 Å². The van der Waals surface area contributed by atoms with Crippen molar-refractivity contribution in [3.8, 4) is 22.4 Å². The van der Waals surface area contributed by atoms with Gasteiger partial charge in [0.2, 0.25) is 0 Å². The SMILES string of the molecule is Nc1nc2c(s1)Cc1c(-c3ccc(C(F)(F)F)cc3)cccc1-2. The van der Waals surface area contributed by atoms with Crippen LogP contribution in [0.3, 0.4) is 0 Å². The molecule has 23 heavy (non-hydrogen) atoms. The van der Waals surface area contributed by atoms with Crippen molar-refractivity contribution in [3.05, 3.63) is 58.5 Å². The highest BCUT2D eigenvalue weighted by Gasteiger charge is 2.30. The van der Waals surface area contributed by atoms with E-state index in [1.54, 1.807) is 0 Å². The number of fused-ring (bicyclic) bond motifs is 3. The Balaban J connectivity index is 1.79. The zero-order chi connectivity index (χ0) is 16.2. The number of hydrogen-bond donors (Lipinski definition) is 1. The van der Waals surface area contributed by atoms with Gasteiger partial charge in [0.25, 0.3) is 0 Å². The lowest BCUT2D eigenvalue weighted by molar-refractivity contribution is -0.137. The summed E-state index contributed by atoms with van der Waals surface area (Å²) in [5.41, 5.74) is 9.85. The molecule has 0 aliphatic heterocycles. The molecule has 2 nitrogen and oxygen atoms in total. The Kier molecular flexibility index (Phi) is 2.99. The fourth-order valence-corrected chi connectivity index (χ4v) is 3.83. The van der Waals surface area contributed by atoms with Crippen molar-refractivity contribution in [3.63, 3.8) is 0 Å². The lowest BCUT2D eigenvalue weighted by Gasteiger charge is -2.11. The van der Waals surface area contributed by atoms with Gasteiger partial charge in [-0.15, -0.1) is 11.3 Å². The number of hydrogen-bond acceptors (Lipinski definition) is 3. The van der Waals surface area contributed by atoms with Gasteiger partial charge in [-0.3, -0.25) is 0 Å². The van der Waals surface area contributed by atoms with Crippen LogP contribution in [0.4, 0.5) is 18.3 Å². The van der Waals surface area contributed by atoms with Crippen LogP contribution in [0.25, 0.3) is 22.4 Å². The third-order valence-corrected chi connectivity index (χ3v) is 4.89. The normalized spacial score (nSPS) is 13.0. The highest BCUT2D eigenvalue weighted by molar-refractivity contribution is 7.15. The van der Waals surface area contributed by atoms with Crippen LogP contribution in [0.1, 0.15) is 16.0 Å². The molecule has 1 aliphatic rings. The molecule has 0 atom stereocenters. The van der Waals surface area contributed by atoms with E-state index in [4.69, 9.17) is 5.73 Å². The molecule has 116 valence electrons. The number of anilines is 1. The number of alkyl halides is 3. The minimum atomic E-state index is -4.32. The second-order valence-corrected chi connectivity index (χ2v) is 6.52. The topological polar surface area (TPSA) is 38.9 Å². The smallest absolute Gasteiger partial charge is 0.375 e. The molecular formula is C17H11F3N2S. The molecule has 4 rings (SSSR count). The van der Waals surface area contributed by atoms with Crippen molar-refractivity contribution < 1.29 is 13.2 Å². The molecule has 0 unspecified atom stereocenters. The van der Waals surface area contributed by atoms with Crippen LogP contribution in [-0.2, 0) is 12.6 Å². The molecule has 0 fully saturated rings. The zero-order valence-corrected chi connectivity index (χ0v) is 12.6. The van der Waals surface area contributed by atoms with Crippen LogP contribution in [-0.4, -0.2) is 4.98 Å². The van der Waals surface area contributed by atoms with E-state index in [0.717, 1.165) is 51.4 Å². The number of benzene rings is 2. The van der Waals surface area contributed by atoms with Gasteiger partial charge in [0.05, 0.1) is 11.3 Å². The van der Waals surface area contributed by atoms with Gasteiger partial charge in [-0.25, -0.2) is 4.98 Å². The van der Waals surface area contributed by atoms with Crippen LogP contribution in [0, 0.1) is 0 Å². The summed E-state index contributed by atoms with van der Waals surface area (Å²) in [5, 5.41) is 0.542. The maximum atomic E-state index is 12.7. The maximum absolute atomic E-state index is 12.7. The van der Waals surface area contributed by atoms with Gasteiger partial charge in [0.1, 0.15) is 0 Å². The van der Waals surface area contributed by atoms with E-state index in [2.05, 4.69) is 4.98 Å². The minimum absolute atomic E-state index is 0.542. The van der Waals surface area contributed by atoms with E-state index < -0.39 is 11.7 Å². The summed E-state index contributed by atoms with van der Waals surface area (Å²) in [6.07, 6.45) is -3.60. The largest absolute Gasteiger partial charge is 0.416 e. The van der Waals surface area contributed by atoms with Gasteiger partial charge in [-0.2, -0.15) is 13.2 Å². The van der Waals surface area contributed by atoms with E-state index in [1.165, 1.54) is 23.5 Å². The summed E-state index contributed by atoms with van der Waals surface area (Å²) < 4.78 is 38.1. The number of nitrogens with zero attached hydrogens (tertiary/aromatic N) is 1. The number of nitrogens with two attached hydrogens (primary N) is 1. The first-order valence-electron chi connectivity index (χ1n) is 6.98. The molecule has 0 saturated carbocycles. The van der Waals surface area contributed by atoms with Gasteiger partial charge >= 0.3 is 6.18 Å². The number of thiazole rings is 1. The van der Waals surface area contributed by atoms with Crippen LogP contribution < -0.4 is 5.73 Å². The fraction of sp³-hybridized carbons (Fsp3) is 0.118. The van der Waals surface area contributed by atoms with Crippen molar-refractivity contribution in [2.24, 2.45) is 0 Å². The molecule has 2 N–H and O–H groups in total. The van der Waals surface area contributed by atoms with Gasteiger partial charge in [0, 0.05) is 16.9 Å². The van der Waals surface area contributed by atoms with Crippen LogP contribution in [0.15, 0.2) is 42.5 Å². The Bertz CT molecular complexity index is 895. The molecule has 0 amide bonds. The molecule has 2 aromatic carbocycles. The molecule has 0 saturated heterocycles. The standard InChI is InChI=1S/C17H11F3N2S/c18-17(19,20)10-6-4-9(5-7-10)11-2-1-3-12-13(11)8-14-15(12)22-16(21)23-14/h1-7H,8H2,(H2,21,22). The van der Waals surface area contributed by atoms with Crippen molar-refractivity contribution in [2.75, 3.05) is 5.73 Å². The van der Waals surface area contributed by atoms with Gasteiger partial charge in [-0.1, -0.05) is 30.3 Å². The van der Waals surface area contributed by atoms with E-state index in [-0.39, 0.29) is 0 Å². The summed E-state index contributed by atoms with van der Waals surface area (Å²) >= 11 is 1.46. The summed E-state index contributed by atoms with van der Waals surface area (Å²) in [4.78, 5) is 5.47. The lowest BCUT2D eigenvalue weighted by Crippen LogP contribution is -2.04. The van der Waals surface area contributed by atoms with Crippen LogP contribution >= 0.6 is 11.3 Å². The third-order valence-electron chi connectivity index (χ3n) is 4.01. The molecule has 3 aromatic rings. The Morgan fingerprint density at radius 1 is 1.00 bits per heavy atom. The fourth-order valence-electron chi connectivity index (χ4n) is 2.97. The number of aromatic nitrogens is 1. The summed E-state index contributed by atoms with van der Waals surface area (Å²) in [5.74, 6) is 0. The Morgan fingerprint density at radius 3 is 2.39 bits per heavy atom. The highest BCUT2D eigenvalue weighted by Crippen LogP contribution is 2.44. The third kappa shape index (κ3) is 2.30. The maximum Gasteiger partial charge on any atom is 0.416 e. The van der Waals surface area contributed by atoms with Gasteiger partial charge in [0.15, 0.2) is 5.13 Å². The Morgan fingerprint density at radius 2 is 1.70 bits per heavy atom. The molecule has 1 aliphatic carbocycles. The van der Waals surface area contributed by atoms with Gasteiger partial charge < -0.3 is 5.73 Å². The summed E-state index contributed by atoms with van der Waals surface area (Å²) in [6, 6.07) is 11.1. The molecule has 0 spiro atoms. The highest BCUT2D eigenvalue weighted by atomic mass is 32.1. The van der Waals surface area contributed by atoms with E-state index >= 15 is 0 Å².